The van der Waals surface area contributed by atoms with E-state index in [2.05, 4.69) is 42.5 Å². The number of carbonyl (C=O) groups excluding carboxylic acids is 1. The summed E-state index contributed by atoms with van der Waals surface area (Å²) in [6.07, 6.45) is 7.10. The molecule has 1 atom stereocenters. The minimum absolute atomic E-state index is 0.0277. The first-order valence-electron chi connectivity index (χ1n) is 10.6. The van der Waals surface area contributed by atoms with Crippen LogP contribution in [-0.4, -0.2) is 47.8 Å². The van der Waals surface area contributed by atoms with E-state index >= 15 is 0 Å². The minimum atomic E-state index is -3.18. The average molecular weight is 431 g/mol. The maximum Gasteiger partial charge on any atom is 0.223 e. The Hall–Kier alpha value is -2.19. The molecule has 4 rings (SSSR count). The highest BCUT2D eigenvalue weighted by Crippen LogP contribution is 2.32. The molecule has 7 nitrogen and oxygen atoms in total. The second-order valence-corrected chi connectivity index (χ2v) is 10.6. The number of nitrogens with one attached hydrogen (secondary N) is 1. The predicted octanol–water partition coefficient (Wildman–Crippen LogP) is 2.65. The topological polar surface area (TPSA) is 84.3 Å². The van der Waals surface area contributed by atoms with E-state index in [-0.39, 0.29) is 17.9 Å². The van der Waals surface area contributed by atoms with E-state index < -0.39 is 10.0 Å². The normalized spacial score (nSPS) is 20.7. The molecule has 1 N–H and O–H groups in total. The Bertz CT molecular complexity index is 1050. The lowest BCUT2D eigenvalue weighted by atomic mass is 9.91. The fourth-order valence-electron chi connectivity index (χ4n) is 4.53. The van der Waals surface area contributed by atoms with E-state index in [1.165, 1.54) is 27.4 Å². The first kappa shape index (κ1) is 21.1. The second-order valence-electron chi connectivity index (χ2n) is 8.62. The number of carbonyl (C=O) groups is 1. The highest BCUT2D eigenvalue weighted by molar-refractivity contribution is 7.88. The number of nitrogens with zero attached hydrogens (tertiary/aromatic N) is 3. The zero-order valence-electron chi connectivity index (χ0n) is 17.9. The highest BCUT2D eigenvalue weighted by Gasteiger charge is 2.32. The smallest absolute Gasteiger partial charge is 0.223 e. The third-order valence-corrected chi connectivity index (χ3v) is 7.83. The summed E-state index contributed by atoms with van der Waals surface area (Å²) < 4.78 is 26.9. The molecule has 2 heterocycles. The van der Waals surface area contributed by atoms with Crippen LogP contribution in [0.3, 0.4) is 0 Å². The van der Waals surface area contributed by atoms with Crippen LogP contribution in [0.15, 0.2) is 24.4 Å². The lowest BCUT2D eigenvalue weighted by Crippen LogP contribution is -2.43. The lowest BCUT2D eigenvalue weighted by Gasteiger charge is -2.31. The Balaban J connectivity index is 1.47. The number of fused-ring (bicyclic) bond motifs is 1. The van der Waals surface area contributed by atoms with Gasteiger partial charge in [-0.3, -0.25) is 4.79 Å². The van der Waals surface area contributed by atoms with Crippen LogP contribution in [0.4, 0.5) is 0 Å². The summed E-state index contributed by atoms with van der Waals surface area (Å²) in [5.74, 6) is -0.108. The molecular weight excluding hydrogens is 400 g/mol. The number of rotatable bonds is 4. The zero-order chi connectivity index (χ0) is 21.5. The Morgan fingerprint density at radius 2 is 1.87 bits per heavy atom. The third-order valence-electron chi connectivity index (χ3n) is 6.53. The molecule has 1 aliphatic heterocycles. The van der Waals surface area contributed by atoms with Crippen LogP contribution in [0.1, 0.15) is 54.1 Å². The molecule has 2 aliphatic rings. The molecule has 1 aromatic heterocycles. The van der Waals surface area contributed by atoms with Crippen molar-refractivity contribution in [3.63, 3.8) is 0 Å². The predicted molar refractivity (Wildman–Crippen MR) is 116 cm³/mol. The molecule has 0 saturated carbocycles. The molecular formula is C22H30N4O3S. The van der Waals surface area contributed by atoms with Gasteiger partial charge in [0.05, 0.1) is 24.2 Å². The SMILES string of the molecule is Cc1ccc(-n2ncc3c2CCCC3NC(=O)C2CCN(S(C)(=O)=O)CC2)cc1C. The summed E-state index contributed by atoms with van der Waals surface area (Å²) in [6, 6.07) is 6.33. The molecule has 8 heteroatoms. The number of aromatic nitrogens is 2. The van der Waals surface area contributed by atoms with Gasteiger partial charge in [-0.2, -0.15) is 5.10 Å². The van der Waals surface area contributed by atoms with Crippen LogP contribution in [0.2, 0.25) is 0 Å². The van der Waals surface area contributed by atoms with Gasteiger partial charge in [0.25, 0.3) is 0 Å². The first-order valence-corrected chi connectivity index (χ1v) is 12.5. The fourth-order valence-corrected chi connectivity index (χ4v) is 5.40. The van der Waals surface area contributed by atoms with Crippen molar-refractivity contribution >= 4 is 15.9 Å². The Morgan fingerprint density at radius 3 is 2.53 bits per heavy atom. The van der Waals surface area contributed by atoms with Gasteiger partial charge in [-0.15, -0.1) is 0 Å². The number of piperidine rings is 1. The van der Waals surface area contributed by atoms with Gasteiger partial charge in [-0.05, 0) is 69.2 Å². The minimum Gasteiger partial charge on any atom is -0.349 e. The van der Waals surface area contributed by atoms with Gasteiger partial charge < -0.3 is 5.32 Å². The maximum atomic E-state index is 12.9. The summed E-state index contributed by atoms with van der Waals surface area (Å²) in [5.41, 5.74) is 5.81. The molecule has 1 amide bonds. The molecule has 0 bridgehead atoms. The Labute approximate surface area is 178 Å². The van der Waals surface area contributed by atoms with Gasteiger partial charge in [0.1, 0.15) is 0 Å². The zero-order valence-corrected chi connectivity index (χ0v) is 18.7. The Morgan fingerprint density at radius 1 is 1.13 bits per heavy atom. The molecule has 0 radical (unpaired) electrons. The van der Waals surface area contributed by atoms with E-state index in [1.54, 1.807) is 0 Å². The summed E-state index contributed by atoms with van der Waals surface area (Å²) in [4.78, 5) is 12.9. The van der Waals surface area contributed by atoms with Gasteiger partial charge in [0.15, 0.2) is 0 Å². The van der Waals surface area contributed by atoms with Crippen molar-refractivity contribution < 1.29 is 13.2 Å². The van der Waals surface area contributed by atoms with Crippen LogP contribution in [-0.2, 0) is 21.2 Å². The lowest BCUT2D eigenvalue weighted by molar-refractivity contribution is -0.127. The number of hydrogen-bond acceptors (Lipinski definition) is 4. The highest BCUT2D eigenvalue weighted by atomic mass is 32.2. The molecule has 0 spiro atoms. The molecule has 1 aromatic carbocycles. The van der Waals surface area contributed by atoms with Gasteiger partial charge >= 0.3 is 0 Å². The molecule has 1 saturated heterocycles. The average Bonchev–Trinajstić information content (AvgIpc) is 3.15. The van der Waals surface area contributed by atoms with E-state index in [4.69, 9.17) is 0 Å². The Kier molecular flexibility index (Phi) is 5.72. The number of sulfonamides is 1. The van der Waals surface area contributed by atoms with Crippen molar-refractivity contribution in [1.29, 1.82) is 0 Å². The van der Waals surface area contributed by atoms with E-state index in [1.807, 2.05) is 10.9 Å². The van der Waals surface area contributed by atoms with Crippen LogP contribution in [0, 0.1) is 19.8 Å². The molecule has 162 valence electrons. The van der Waals surface area contributed by atoms with Gasteiger partial charge in [-0.25, -0.2) is 17.4 Å². The third kappa shape index (κ3) is 4.16. The van der Waals surface area contributed by atoms with Crippen molar-refractivity contribution in [3.05, 3.63) is 46.8 Å². The fraction of sp³-hybridized carbons (Fsp3) is 0.545. The number of hydrogen-bond donors (Lipinski definition) is 1. The second kappa shape index (κ2) is 8.15. The number of benzene rings is 1. The maximum absolute atomic E-state index is 12.9. The first-order chi connectivity index (χ1) is 14.2. The molecule has 1 unspecified atom stereocenters. The summed E-state index contributed by atoms with van der Waals surface area (Å²) in [7, 11) is -3.18. The van der Waals surface area contributed by atoms with Crippen LogP contribution in [0.5, 0.6) is 0 Å². The summed E-state index contributed by atoms with van der Waals surface area (Å²) >= 11 is 0. The molecule has 2 aromatic rings. The molecule has 30 heavy (non-hydrogen) atoms. The van der Waals surface area contributed by atoms with Crippen LogP contribution in [0.25, 0.3) is 5.69 Å². The standard InChI is InChI=1S/C22H30N4O3S/c1-15-7-8-18(13-16(15)2)26-21-6-4-5-20(19(21)14-23-26)24-22(27)17-9-11-25(12-10-17)30(3,28)29/h7-8,13-14,17,20H,4-6,9-12H2,1-3H3,(H,24,27). The monoisotopic (exact) mass is 430 g/mol. The van der Waals surface area contributed by atoms with Crippen molar-refractivity contribution in [3.8, 4) is 5.69 Å². The molecule has 1 fully saturated rings. The summed E-state index contributed by atoms with van der Waals surface area (Å²) in [5, 5.41) is 7.86. The van der Waals surface area contributed by atoms with Crippen molar-refractivity contribution in [2.24, 2.45) is 5.92 Å². The largest absolute Gasteiger partial charge is 0.349 e. The van der Waals surface area contributed by atoms with Gasteiger partial charge in [-0.1, -0.05) is 6.07 Å². The van der Waals surface area contributed by atoms with Crippen molar-refractivity contribution in [1.82, 2.24) is 19.4 Å². The van der Waals surface area contributed by atoms with E-state index in [0.29, 0.717) is 25.9 Å². The molecule has 1 aliphatic carbocycles. The summed E-state index contributed by atoms with van der Waals surface area (Å²) in [6.45, 7) is 5.03. The van der Waals surface area contributed by atoms with Crippen LogP contribution < -0.4 is 5.32 Å². The van der Waals surface area contributed by atoms with Gasteiger partial charge in [0.2, 0.25) is 15.9 Å². The van der Waals surface area contributed by atoms with E-state index in [9.17, 15) is 13.2 Å². The van der Waals surface area contributed by atoms with Crippen LogP contribution >= 0.6 is 0 Å². The number of amides is 1. The quantitative estimate of drug-likeness (QED) is 0.808. The van der Waals surface area contributed by atoms with E-state index in [0.717, 1.165) is 30.5 Å². The van der Waals surface area contributed by atoms with Gasteiger partial charge in [0, 0.05) is 30.3 Å². The van der Waals surface area contributed by atoms with Crippen molar-refractivity contribution in [2.75, 3.05) is 19.3 Å². The van der Waals surface area contributed by atoms with Crippen molar-refractivity contribution in [2.45, 2.75) is 52.0 Å². The number of aryl methyl sites for hydroxylation is 2.